The lowest BCUT2D eigenvalue weighted by molar-refractivity contribution is 0.501. The Balaban J connectivity index is 2.92. The van der Waals surface area contributed by atoms with Gasteiger partial charge in [-0.25, -0.2) is 0 Å². The maximum Gasteiger partial charge on any atom is 0.509 e. The standard InChI is InChI=1S/C8H9BF3S/c1-13-6-7-3-2-4-8(5-7)9(10,11)12/h2-5H,6H2,1H3/q-1. The molecule has 0 aliphatic heterocycles. The first-order chi connectivity index (χ1) is 6.04. The molecule has 1 aromatic carbocycles. The minimum absolute atomic E-state index is 0.508. The third kappa shape index (κ3) is 2.99. The van der Waals surface area contributed by atoms with E-state index in [0.717, 1.165) is 11.6 Å². The minimum Gasteiger partial charge on any atom is -0.445 e. The predicted octanol–water partition coefficient (Wildman–Crippen LogP) is 2.60. The summed E-state index contributed by atoms with van der Waals surface area (Å²) in [4.78, 5) is 0. The molecular weight excluding hydrogens is 196 g/mol. The first-order valence-corrected chi connectivity index (χ1v) is 5.21. The molecule has 1 aromatic rings. The van der Waals surface area contributed by atoms with Gasteiger partial charge in [-0.1, -0.05) is 24.3 Å². The van der Waals surface area contributed by atoms with Crippen molar-refractivity contribution in [1.82, 2.24) is 0 Å². The van der Waals surface area contributed by atoms with Crippen LogP contribution in [-0.2, 0) is 5.75 Å². The van der Waals surface area contributed by atoms with Crippen LogP contribution in [0.25, 0.3) is 0 Å². The van der Waals surface area contributed by atoms with Crippen LogP contribution in [0.1, 0.15) is 5.56 Å². The molecule has 0 nitrogen and oxygen atoms in total. The van der Waals surface area contributed by atoms with Crippen molar-refractivity contribution in [3.8, 4) is 0 Å². The predicted molar refractivity (Wildman–Crippen MR) is 52.4 cm³/mol. The van der Waals surface area contributed by atoms with Crippen molar-refractivity contribution in [3.63, 3.8) is 0 Å². The summed E-state index contributed by atoms with van der Waals surface area (Å²) in [5.41, 5.74) is 0.218. The van der Waals surface area contributed by atoms with E-state index in [0.29, 0.717) is 5.75 Å². The molecule has 13 heavy (non-hydrogen) atoms. The zero-order valence-corrected chi connectivity index (χ0v) is 7.95. The summed E-state index contributed by atoms with van der Waals surface area (Å²) in [6.07, 6.45) is 1.87. The lowest BCUT2D eigenvalue weighted by Gasteiger charge is -2.15. The van der Waals surface area contributed by atoms with Crippen molar-refractivity contribution in [3.05, 3.63) is 29.8 Å². The Kier molecular flexibility index (Phi) is 3.30. The van der Waals surface area contributed by atoms with Crippen LogP contribution in [0.15, 0.2) is 24.3 Å². The molecule has 5 heteroatoms. The number of benzene rings is 1. The van der Waals surface area contributed by atoms with Crippen LogP contribution in [0, 0.1) is 0 Å². The Morgan fingerprint density at radius 3 is 2.54 bits per heavy atom. The Morgan fingerprint density at radius 1 is 1.31 bits per heavy atom. The fourth-order valence-corrected chi connectivity index (χ4v) is 1.57. The van der Waals surface area contributed by atoms with E-state index in [2.05, 4.69) is 0 Å². The van der Waals surface area contributed by atoms with Crippen LogP contribution in [0.4, 0.5) is 12.9 Å². The van der Waals surface area contributed by atoms with Gasteiger partial charge in [0.15, 0.2) is 0 Å². The Bertz CT molecular complexity index is 285. The second-order valence-corrected chi connectivity index (χ2v) is 3.62. The van der Waals surface area contributed by atoms with Gasteiger partial charge in [-0.15, -0.1) is 5.46 Å². The van der Waals surface area contributed by atoms with E-state index in [1.165, 1.54) is 23.9 Å². The number of halogens is 3. The monoisotopic (exact) mass is 205 g/mol. The fourth-order valence-electron chi connectivity index (χ4n) is 1.05. The second-order valence-electron chi connectivity index (χ2n) is 2.75. The number of hydrogen-bond donors (Lipinski definition) is 0. The third-order valence-corrected chi connectivity index (χ3v) is 2.26. The van der Waals surface area contributed by atoms with Crippen LogP contribution >= 0.6 is 11.8 Å². The zero-order chi connectivity index (χ0) is 9.90. The van der Waals surface area contributed by atoms with Gasteiger partial charge in [-0.2, -0.15) is 11.8 Å². The summed E-state index contributed by atoms with van der Waals surface area (Å²) < 4.78 is 36.8. The Labute approximate surface area is 79.6 Å². The molecule has 0 saturated carbocycles. The van der Waals surface area contributed by atoms with E-state index in [-0.39, 0.29) is 0 Å². The van der Waals surface area contributed by atoms with Crippen LogP contribution in [0.2, 0.25) is 0 Å². The first kappa shape index (κ1) is 10.5. The van der Waals surface area contributed by atoms with Crippen molar-refractivity contribution in [1.29, 1.82) is 0 Å². The van der Waals surface area contributed by atoms with E-state index in [1.807, 2.05) is 6.26 Å². The molecule has 0 aliphatic carbocycles. The topological polar surface area (TPSA) is 0 Å². The third-order valence-electron chi connectivity index (χ3n) is 1.64. The SMILES string of the molecule is CSCc1cccc([B-](F)(F)F)c1. The van der Waals surface area contributed by atoms with Gasteiger partial charge >= 0.3 is 6.98 Å². The van der Waals surface area contributed by atoms with Gasteiger partial charge in [-0.3, -0.25) is 0 Å². The molecule has 0 aliphatic rings. The van der Waals surface area contributed by atoms with Gasteiger partial charge in [0.2, 0.25) is 0 Å². The van der Waals surface area contributed by atoms with Crippen molar-refractivity contribution in [2.45, 2.75) is 5.75 Å². The van der Waals surface area contributed by atoms with Gasteiger partial charge in [0.25, 0.3) is 0 Å². The second kappa shape index (κ2) is 4.09. The quantitative estimate of drug-likeness (QED) is 0.683. The molecule has 0 aromatic heterocycles. The molecule has 0 heterocycles. The highest BCUT2D eigenvalue weighted by atomic mass is 32.2. The molecule has 0 spiro atoms. The first-order valence-electron chi connectivity index (χ1n) is 3.82. The zero-order valence-electron chi connectivity index (χ0n) is 7.14. The molecule has 0 amide bonds. The van der Waals surface area contributed by atoms with E-state index < -0.39 is 12.4 Å². The van der Waals surface area contributed by atoms with Gasteiger partial charge < -0.3 is 12.9 Å². The number of thioether (sulfide) groups is 1. The van der Waals surface area contributed by atoms with Crippen molar-refractivity contribution >= 4 is 24.2 Å². The van der Waals surface area contributed by atoms with Crippen LogP contribution in [-0.4, -0.2) is 13.2 Å². The maximum atomic E-state index is 12.3. The number of rotatable bonds is 3. The summed E-state index contributed by atoms with van der Waals surface area (Å²) in [5.74, 6) is 0.625. The molecule has 72 valence electrons. The van der Waals surface area contributed by atoms with E-state index in [9.17, 15) is 12.9 Å². The summed E-state index contributed by atoms with van der Waals surface area (Å²) in [6, 6.07) is 5.50. The van der Waals surface area contributed by atoms with Crippen molar-refractivity contribution in [2.75, 3.05) is 6.26 Å². The molecule has 0 radical (unpaired) electrons. The lowest BCUT2D eigenvalue weighted by atomic mass is 9.79. The van der Waals surface area contributed by atoms with Crippen LogP contribution in [0.3, 0.4) is 0 Å². The van der Waals surface area contributed by atoms with Crippen LogP contribution in [0.5, 0.6) is 0 Å². The molecule has 0 saturated heterocycles. The molecule has 0 bridgehead atoms. The largest absolute Gasteiger partial charge is 0.509 e. The van der Waals surface area contributed by atoms with Crippen molar-refractivity contribution in [2.24, 2.45) is 0 Å². The fraction of sp³-hybridized carbons (Fsp3) is 0.250. The normalized spacial score (nSPS) is 11.7. The summed E-state index contributed by atoms with van der Waals surface area (Å²) in [7, 11) is 0. The molecule has 0 N–H and O–H groups in total. The number of hydrogen-bond acceptors (Lipinski definition) is 1. The smallest absolute Gasteiger partial charge is 0.445 e. The molecule has 0 fully saturated rings. The minimum atomic E-state index is -4.85. The molecular formula is C8H9BF3S-. The highest BCUT2D eigenvalue weighted by molar-refractivity contribution is 7.97. The summed E-state index contributed by atoms with van der Waals surface area (Å²) in [6.45, 7) is -4.85. The van der Waals surface area contributed by atoms with E-state index >= 15 is 0 Å². The summed E-state index contributed by atoms with van der Waals surface area (Å²) >= 11 is 1.51. The highest BCUT2D eigenvalue weighted by Gasteiger charge is 2.25. The summed E-state index contributed by atoms with van der Waals surface area (Å²) in [5, 5.41) is 0. The Hall–Kier alpha value is -0.575. The van der Waals surface area contributed by atoms with Gasteiger partial charge in [0.1, 0.15) is 0 Å². The van der Waals surface area contributed by atoms with Gasteiger partial charge in [0.05, 0.1) is 0 Å². The molecule has 1 rings (SSSR count). The highest BCUT2D eigenvalue weighted by Crippen LogP contribution is 2.12. The lowest BCUT2D eigenvalue weighted by Crippen LogP contribution is -2.33. The average Bonchev–Trinajstić information content (AvgIpc) is 2.04. The average molecular weight is 205 g/mol. The van der Waals surface area contributed by atoms with Gasteiger partial charge in [-0.05, 0) is 11.8 Å². The van der Waals surface area contributed by atoms with Gasteiger partial charge in [0, 0.05) is 5.75 Å². The molecule has 0 unspecified atom stereocenters. The molecule has 0 atom stereocenters. The van der Waals surface area contributed by atoms with Crippen molar-refractivity contribution < 1.29 is 12.9 Å². The van der Waals surface area contributed by atoms with E-state index in [1.54, 1.807) is 6.07 Å². The maximum absolute atomic E-state index is 12.3. The van der Waals surface area contributed by atoms with Crippen LogP contribution < -0.4 is 5.46 Å². The van der Waals surface area contributed by atoms with E-state index in [4.69, 9.17) is 0 Å². The Morgan fingerprint density at radius 2 is 2.00 bits per heavy atom.